The molecule has 0 aliphatic rings. The average molecular weight is 228 g/mol. The van der Waals surface area contributed by atoms with Gasteiger partial charge in [-0.3, -0.25) is 4.79 Å². The Morgan fingerprint density at radius 3 is 2.88 bits per heavy atom. The molecular formula is C13H12N2O2. The van der Waals surface area contributed by atoms with Crippen LogP contribution in [0.15, 0.2) is 18.2 Å². The zero-order valence-corrected chi connectivity index (χ0v) is 9.49. The van der Waals surface area contributed by atoms with Crippen molar-refractivity contribution >= 4 is 11.7 Å². The minimum atomic E-state index is -0.367. The van der Waals surface area contributed by atoms with Crippen molar-refractivity contribution in [1.82, 2.24) is 0 Å². The summed E-state index contributed by atoms with van der Waals surface area (Å²) < 4.78 is 4.73. The van der Waals surface area contributed by atoms with Gasteiger partial charge < -0.3 is 10.5 Å². The Hall–Kier alpha value is -2.46. The van der Waals surface area contributed by atoms with E-state index in [1.54, 1.807) is 25.1 Å². The van der Waals surface area contributed by atoms with Crippen LogP contribution in [0.5, 0.6) is 0 Å². The molecule has 0 bridgehead atoms. The molecule has 0 heterocycles. The zero-order valence-electron chi connectivity index (χ0n) is 9.49. The molecule has 0 unspecified atom stereocenters. The summed E-state index contributed by atoms with van der Waals surface area (Å²) in [4.78, 5) is 11.0. The van der Waals surface area contributed by atoms with E-state index in [0.29, 0.717) is 23.4 Å². The van der Waals surface area contributed by atoms with Gasteiger partial charge in [-0.2, -0.15) is 5.26 Å². The minimum Gasteiger partial charge on any atom is -0.465 e. The van der Waals surface area contributed by atoms with Crippen molar-refractivity contribution in [2.45, 2.75) is 13.3 Å². The van der Waals surface area contributed by atoms with Crippen LogP contribution in [0.3, 0.4) is 0 Å². The van der Waals surface area contributed by atoms with E-state index in [2.05, 4.69) is 11.8 Å². The van der Waals surface area contributed by atoms with Gasteiger partial charge >= 0.3 is 5.97 Å². The second-order valence-electron chi connectivity index (χ2n) is 3.20. The number of hydrogen-bond donors (Lipinski definition) is 1. The Kier molecular flexibility index (Phi) is 4.59. The number of nitriles is 1. The second-order valence-corrected chi connectivity index (χ2v) is 3.20. The summed E-state index contributed by atoms with van der Waals surface area (Å²) in [7, 11) is 0. The van der Waals surface area contributed by atoms with Gasteiger partial charge in [0.05, 0.1) is 12.2 Å². The van der Waals surface area contributed by atoms with Crippen LogP contribution in [0.1, 0.15) is 24.5 Å². The summed E-state index contributed by atoms with van der Waals surface area (Å²) in [5.41, 5.74) is 7.02. The molecule has 0 fully saturated rings. The molecule has 86 valence electrons. The number of hydrogen-bond acceptors (Lipinski definition) is 4. The van der Waals surface area contributed by atoms with Crippen molar-refractivity contribution in [2.75, 3.05) is 12.3 Å². The SMILES string of the molecule is CCOC(=O)CC#Cc1ccc(N)cc1C#N. The van der Waals surface area contributed by atoms with Gasteiger partial charge in [-0.1, -0.05) is 11.8 Å². The quantitative estimate of drug-likeness (QED) is 0.472. The fraction of sp³-hybridized carbons (Fsp3) is 0.231. The summed E-state index contributed by atoms with van der Waals surface area (Å²) in [6.07, 6.45) is 0.0169. The number of anilines is 1. The third kappa shape index (κ3) is 3.89. The summed E-state index contributed by atoms with van der Waals surface area (Å²) >= 11 is 0. The molecule has 0 amide bonds. The maximum Gasteiger partial charge on any atom is 0.317 e. The number of carbonyl (C=O) groups excluding carboxylic acids is 1. The van der Waals surface area contributed by atoms with Crippen molar-refractivity contribution in [3.8, 4) is 17.9 Å². The van der Waals surface area contributed by atoms with Crippen LogP contribution in [0.4, 0.5) is 5.69 Å². The first-order valence-corrected chi connectivity index (χ1v) is 5.11. The Morgan fingerprint density at radius 2 is 2.24 bits per heavy atom. The number of benzene rings is 1. The van der Waals surface area contributed by atoms with Crippen molar-refractivity contribution in [2.24, 2.45) is 0 Å². The molecule has 0 saturated carbocycles. The molecular weight excluding hydrogens is 216 g/mol. The van der Waals surface area contributed by atoms with Crippen LogP contribution in [0, 0.1) is 23.2 Å². The molecule has 0 radical (unpaired) electrons. The molecule has 0 aliphatic carbocycles. The van der Waals surface area contributed by atoms with Crippen molar-refractivity contribution in [3.05, 3.63) is 29.3 Å². The van der Waals surface area contributed by atoms with Gasteiger partial charge in [0.15, 0.2) is 0 Å². The van der Waals surface area contributed by atoms with Crippen LogP contribution in [-0.2, 0) is 9.53 Å². The molecule has 1 aromatic carbocycles. The lowest BCUT2D eigenvalue weighted by Gasteiger charge is -1.97. The fourth-order valence-electron chi connectivity index (χ4n) is 1.19. The average Bonchev–Trinajstić information content (AvgIpc) is 2.31. The normalized spacial score (nSPS) is 8.71. The third-order valence-electron chi connectivity index (χ3n) is 1.93. The number of ether oxygens (including phenoxy) is 1. The second kappa shape index (κ2) is 6.19. The molecule has 0 saturated heterocycles. The van der Waals surface area contributed by atoms with E-state index >= 15 is 0 Å². The lowest BCUT2D eigenvalue weighted by atomic mass is 10.1. The van der Waals surface area contributed by atoms with Gasteiger partial charge in [0, 0.05) is 11.3 Å². The number of nitrogen functional groups attached to an aromatic ring is 1. The Balaban J connectivity index is 2.79. The largest absolute Gasteiger partial charge is 0.465 e. The highest BCUT2D eigenvalue weighted by Crippen LogP contribution is 2.11. The first-order chi connectivity index (χ1) is 8.17. The smallest absolute Gasteiger partial charge is 0.317 e. The van der Waals surface area contributed by atoms with E-state index < -0.39 is 0 Å². The van der Waals surface area contributed by atoms with E-state index in [9.17, 15) is 4.79 Å². The number of nitrogens with zero attached hydrogens (tertiary/aromatic N) is 1. The van der Waals surface area contributed by atoms with Crippen LogP contribution in [0.25, 0.3) is 0 Å². The number of rotatable bonds is 2. The summed E-state index contributed by atoms with van der Waals surface area (Å²) in [5.74, 6) is 5.05. The molecule has 2 N–H and O–H groups in total. The first-order valence-electron chi connectivity index (χ1n) is 5.11. The van der Waals surface area contributed by atoms with Crippen molar-refractivity contribution in [3.63, 3.8) is 0 Å². The molecule has 1 aromatic rings. The number of esters is 1. The topological polar surface area (TPSA) is 76.1 Å². The van der Waals surface area contributed by atoms with Gasteiger partial charge in [-0.15, -0.1) is 0 Å². The standard InChI is InChI=1S/C13H12N2O2/c1-2-17-13(16)5-3-4-10-6-7-12(15)8-11(10)9-14/h6-8H,2,5,15H2,1H3. The van der Waals surface area contributed by atoms with Crippen molar-refractivity contribution < 1.29 is 9.53 Å². The number of carbonyl (C=O) groups is 1. The molecule has 0 aliphatic heterocycles. The lowest BCUT2D eigenvalue weighted by molar-refractivity contribution is -0.141. The van der Waals surface area contributed by atoms with E-state index in [1.165, 1.54) is 0 Å². The van der Waals surface area contributed by atoms with Crippen LogP contribution in [-0.4, -0.2) is 12.6 Å². The molecule has 0 spiro atoms. The Bertz CT molecular complexity index is 518. The van der Waals surface area contributed by atoms with Crippen molar-refractivity contribution in [1.29, 1.82) is 5.26 Å². The zero-order chi connectivity index (χ0) is 12.7. The molecule has 1 rings (SSSR count). The maximum atomic E-state index is 11.0. The van der Waals surface area contributed by atoms with Gasteiger partial charge in [0.1, 0.15) is 12.5 Å². The molecule has 0 aromatic heterocycles. The predicted octanol–water partition coefficient (Wildman–Crippen LogP) is 1.45. The lowest BCUT2D eigenvalue weighted by Crippen LogP contribution is -2.01. The van der Waals surface area contributed by atoms with Gasteiger partial charge in [-0.05, 0) is 25.1 Å². The summed E-state index contributed by atoms with van der Waals surface area (Å²) in [5, 5.41) is 8.87. The summed E-state index contributed by atoms with van der Waals surface area (Å²) in [6, 6.07) is 6.87. The number of nitrogens with two attached hydrogens (primary N) is 1. The van der Waals surface area contributed by atoms with Gasteiger partial charge in [0.2, 0.25) is 0 Å². The van der Waals surface area contributed by atoms with Gasteiger partial charge in [-0.25, -0.2) is 0 Å². The highest BCUT2D eigenvalue weighted by molar-refractivity contribution is 5.72. The molecule has 0 atom stereocenters. The van der Waals surface area contributed by atoms with E-state index in [-0.39, 0.29) is 12.4 Å². The summed E-state index contributed by atoms with van der Waals surface area (Å²) in [6.45, 7) is 2.07. The first kappa shape index (κ1) is 12.6. The van der Waals surface area contributed by atoms with Crippen LogP contribution in [0.2, 0.25) is 0 Å². The fourth-order valence-corrected chi connectivity index (χ4v) is 1.19. The molecule has 4 heteroatoms. The highest BCUT2D eigenvalue weighted by atomic mass is 16.5. The van der Waals surface area contributed by atoms with Crippen LogP contribution < -0.4 is 5.73 Å². The minimum absolute atomic E-state index is 0.0169. The van der Waals surface area contributed by atoms with Gasteiger partial charge in [0.25, 0.3) is 0 Å². The highest BCUT2D eigenvalue weighted by Gasteiger charge is 2.00. The van der Waals surface area contributed by atoms with Crippen LogP contribution >= 0.6 is 0 Å². The predicted molar refractivity (Wildman–Crippen MR) is 63.7 cm³/mol. The Labute approximate surface area is 100.0 Å². The maximum absolute atomic E-state index is 11.0. The Morgan fingerprint density at radius 1 is 1.47 bits per heavy atom. The third-order valence-corrected chi connectivity index (χ3v) is 1.93. The molecule has 4 nitrogen and oxygen atoms in total. The van der Waals surface area contributed by atoms with E-state index in [0.717, 1.165) is 0 Å². The van der Waals surface area contributed by atoms with E-state index in [4.69, 9.17) is 15.7 Å². The van der Waals surface area contributed by atoms with E-state index in [1.807, 2.05) is 6.07 Å². The molecule has 17 heavy (non-hydrogen) atoms. The monoisotopic (exact) mass is 228 g/mol.